The Kier molecular flexibility index (Phi) is 18.0. The number of rotatable bonds is 17. The summed E-state index contributed by atoms with van der Waals surface area (Å²) in [5.74, 6) is 1.01. The van der Waals surface area contributed by atoms with E-state index in [0.717, 1.165) is 12.5 Å². The zero-order chi connectivity index (χ0) is 15.6. The Morgan fingerprint density at radius 1 is 0.571 bits per heavy atom. The van der Waals surface area contributed by atoms with Gasteiger partial charge in [-0.2, -0.15) is 0 Å². The van der Waals surface area contributed by atoms with Gasteiger partial charge < -0.3 is 5.73 Å². The second kappa shape index (κ2) is 18.0. The summed E-state index contributed by atoms with van der Waals surface area (Å²) in [5.41, 5.74) is 5.50. The maximum Gasteiger partial charge on any atom is -0.00773 e. The van der Waals surface area contributed by atoms with Crippen molar-refractivity contribution in [3.8, 4) is 0 Å². The highest BCUT2D eigenvalue weighted by Crippen LogP contribution is 2.20. The Morgan fingerprint density at radius 3 is 1.43 bits per heavy atom. The number of nitrogens with two attached hydrogens (primary N) is 1. The van der Waals surface area contributed by atoms with E-state index >= 15 is 0 Å². The van der Waals surface area contributed by atoms with E-state index in [4.69, 9.17) is 5.73 Å². The average Bonchev–Trinajstić information content (AvgIpc) is 2.51. The molecule has 0 aliphatic rings. The first kappa shape index (κ1) is 21.0. The summed E-state index contributed by atoms with van der Waals surface area (Å²) in [6.45, 7) is 5.55. The van der Waals surface area contributed by atoms with Gasteiger partial charge in [-0.25, -0.2) is 0 Å². The van der Waals surface area contributed by atoms with Gasteiger partial charge in [-0.05, 0) is 18.9 Å². The molecule has 0 bridgehead atoms. The minimum atomic E-state index is 0.872. The number of unbranched alkanes of at least 4 members (excludes halogenated alkanes) is 11. The van der Waals surface area contributed by atoms with E-state index < -0.39 is 0 Å². The van der Waals surface area contributed by atoms with Crippen molar-refractivity contribution in [2.75, 3.05) is 6.54 Å². The van der Waals surface area contributed by atoms with Crippen LogP contribution in [0.5, 0.6) is 0 Å². The van der Waals surface area contributed by atoms with Crippen molar-refractivity contribution in [1.29, 1.82) is 0 Å². The van der Waals surface area contributed by atoms with Gasteiger partial charge in [0, 0.05) is 0 Å². The predicted molar refractivity (Wildman–Crippen MR) is 97.8 cm³/mol. The molecule has 0 aromatic heterocycles. The van der Waals surface area contributed by atoms with Crippen molar-refractivity contribution < 1.29 is 0 Å². The molecule has 0 spiro atoms. The smallest absolute Gasteiger partial charge is 0.00773 e. The third-order valence-electron chi connectivity index (χ3n) is 4.86. The molecule has 0 saturated carbocycles. The van der Waals surface area contributed by atoms with E-state index in [9.17, 15) is 0 Å². The minimum absolute atomic E-state index is 0.872. The Balaban J connectivity index is 3.14. The van der Waals surface area contributed by atoms with Gasteiger partial charge in [-0.15, -0.1) is 0 Å². The van der Waals surface area contributed by atoms with Crippen LogP contribution >= 0.6 is 0 Å². The van der Waals surface area contributed by atoms with Crippen LogP contribution in [0.4, 0.5) is 0 Å². The Labute approximate surface area is 135 Å². The molecule has 0 radical (unpaired) electrons. The van der Waals surface area contributed by atoms with Gasteiger partial charge in [0.2, 0.25) is 0 Å². The molecule has 1 atom stereocenters. The molecule has 1 nitrogen and oxygen atoms in total. The second-order valence-electron chi connectivity index (χ2n) is 6.88. The van der Waals surface area contributed by atoms with Crippen LogP contribution < -0.4 is 5.73 Å². The first-order valence-corrected chi connectivity index (χ1v) is 10.0. The van der Waals surface area contributed by atoms with Gasteiger partial charge in [0.1, 0.15) is 0 Å². The highest BCUT2D eigenvalue weighted by Gasteiger charge is 2.04. The quantitative estimate of drug-likeness (QED) is 0.292. The van der Waals surface area contributed by atoms with Crippen LogP contribution in [-0.2, 0) is 0 Å². The lowest BCUT2D eigenvalue weighted by Gasteiger charge is -2.13. The van der Waals surface area contributed by atoms with Crippen LogP contribution in [0.2, 0.25) is 0 Å². The Morgan fingerprint density at radius 2 is 1.00 bits per heavy atom. The molecule has 2 N–H and O–H groups in total. The fourth-order valence-corrected chi connectivity index (χ4v) is 3.21. The molecule has 0 rings (SSSR count). The van der Waals surface area contributed by atoms with Gasteiger partial charge in [0.05, 0.1) is 0 Å². The molecule has 1 heteroatoms. The fraction of sp³-hybridized carbons (Fsp3) is 1.00. The summed E-state index contributed by atoms with van der Waals surface area (Å²) in [7, 11) is 0. The molecule has 1 unspecified atom stereocenters. The zero-order valence-electron chi connectivity index (χ0n) is 15.2. The topological polar surface area (TPSA) is 26.0 Å². The van der Waals surface area contributed by atoms with Gasteiger partial charge in [-0.3, -0.25) is 0 Å². The van der Waals surface area contributed by atoms with Crippen LogP contribution in [0.3, 0.4) is 0 Å². The zero-order valence-corrected chi connectivity index (χ0v) is 15.2. The molecule has 0 amide bonds. The summed E-state index contributed by atoms with van der Waals surface area (Å²) in [6.07, 6.45) is 22.8. The van der Waals surface area contributed by atoms with Gasteiger partial charge in [-0.1, -0.05) is 110 Å². The van der Waals surface area contributed by atoms with Crippen LogP contribution in [-0.4, -0.2) is 6.54 Å². The highest BCUT2D eigenvalue weighted by molar-refractivity contribution is 4.58. The van der Waals surface area contributed by atoms with Gasteiger partial charge >= 0.3 is 0 Å². The average molecular weight is 298 g/mol. The summed E-state index contributed by atoms with van der Waals surface area (Å²) < 4.78 is 0. The van der Waals surface area contributed by atoms with E-state index in [1.165, 1.54) is 103 Å². The summed E-state index contributed by atoms with van der Waals surface area (Å²) in [5, 5.41) is 0. The third-order valence-corrected chi connectivity index (χ3v) is 4.86. The minimum Gasteiger partial charge on any atom is -0.330 e. The summed E-state index contributed by atoms with van der Waals surface area (Å²) in [4.78, 5) is 0. The van der Waals surface area contributed by atoms with Crippen LogP contribution in [0.15, 0.2) is 0 Å². The molecule has 0 heterocycles. The van der Waals surface area contributed by atoms with Crippen LogP contribution in [0.25, 0.3) is 0 Å². The standard InChI is InChI=1S/C20H43N/c1-3-5-17-20(4-2)18-15-13-11-9-7-6-8-10-12-14-16-19-21/h20H,3-19,21H2,1-2H3. The fourth-order valence-electron chi connectivity index (χ4n) is 3.21. The van der Waals surface area contributed by atoms with Crippen molar-refractivity contribution in [1.82, 2.24) is 0 Å². The third kappa shape index (κ3) is 16.2. The molecule has 128 valence electrons. The summed E-state index contributed by atoms with van der Waals surface area (Å²) in [6, 6.07) is 0. The first-order chi connectivity index (χ1) is 10.3. The van der Waals surface area contributed by atoms with E-state index in [-0.39, 0.29) is 0 Å². The van der Waals surface area contributed by atoms with Crippen molar-refractivity contribution in [2.45, 2.75) is 117 Å². The van der Waals surface area contributed by atoms with Crippen LogP contribution in [0, 0.1) is 5.92 Å². The predicted octanol–water partition coefficient (Wildman–Crippen LogP) is 6.84. The molecule has 0 aliphatic heterocycles. The van der Waals surface area contributed by atoms with Crippen molar-refractivity contribution in [3.05, 3.63) is 0 Å². The van der Waals surface area contributed by atoms with E-state index in [2.05, 4.69) is 13.8 Å². The highest BCUT2D eigenvalue weighted by atomic mass is 14.5. The van der Waals surface area contributed by atoms with E-state index in [1.807, 2.05) is 0 Å². The van der Waals surface area contributed by atoms with Gasteiger partial charge in [0.15, 0.2) is 0 Å². The monoisotopic (exact) mass is 297 g/mol. The van der Waals surface area contributed by atoms with Crippen molar-refractivity contribution in [3.63, 3.8) is 0 Å². The van der Waals surface area contributed by atoms with Gasteiger partial charge in [0.25, 0.3) is 0 Å². The lowest BCUT2D eigenvalue weighted by molar-refractivity contribution is 0.399. The maximum atomic E-state index is 5.50. The van der Waals surface area contributed by atoms with Crippen LogP contribution in [0.1, 0.15) is 117 Å². The molecular weight excluding hydrogens is 254 g/mol. The number of hydrogen-bond acceptors (Lipinski definition) is 1. The Bertz CT molecular complexity index is 179. The molecule has 0 aromatic carbocycles. The molecular formula is C20H43N. The molecule has 0 saturated heterocycles. The Hall–Kier alpha value is -0.0400. The molecule has 21 heavy (non-hydrogen) atoms. The lowest BCUT2D eigenvalue weighted by Crippen LogP contribution is -1.98. The van der Waals surface area contributed by atoms with E-state index in [0.29, 0.717) is 0 Å². The van der Waals surface area contributed by atoms with Crippen molar-refractivity contribution in [2.24, 2.45) is 11.7 Å². The molecule has 0 aliphatic carbocycles. The number of hydrogen-bond donors (Lipinski definition) is 1. The molecule has 0 aromatic rings. The lowest BCUT2D eigenvalue weighted by atomic mass is 9.93. The van der Waals surface area contributed by atoms with E-state index in [1.54, 1.807) is 0 Å². The largest absolute Gasteiger partial charge is 0.330 e. The maximum absolute atomic E-state index is 5.50. The second-order valence-corrected chi connectivity index (χ2v) is 6.88. The SMILES string of the molecule is CCCCC(CC)CCCCCCCCCCCCCN. The summed E-state index contributed by atoms with van der Waals surface area (Å²) >= 11 is 0. The van der Waals surface area contributed by atoms with Crippen molar-refractivity contribution >= 4 is 0 Å². The first-order valence-electron chi connectivity index (χ1n) is 10.0. The normalized spacial score (nSPS) is 12.7. The molecule has 0 fully saturated rings.